The number of carbonyl (C=O) groups is 2. The zero-order valence-corrected chi connectivity index (χ0v) is 16.3. The van der Waals surface area contributed by atoms with E-state index in [1.807, 2.05) is 0 Å². The summed E-state index contributed by atoms with van der Waals surface area (Å²) in [6.45, 7) is 10.3. The van der Waals surface area contributed by atoms with Gasteiger partial charge in [-0.05, 0) is 42.6 Å². The summed E-state index contributed by atoms with van der Waals surface area (Å²) in [5.41, 5.74) is -2.33. The first-order chi connectivity index (χ1) is 10.9. The molecule has 0 radical (unpaired) electrons. The fraction of sp³-hybridized carbons (Fsp3) is 0.625. The maximum atomic E-state index is 12.2. The third-order valence-electron chi connectivity index (χ3n) is 3.68. The van der Waals surface area contributed by atoms with Crippen LogP contribution < -0.4 is 5.32 Å². The maximum absolute atomic E-state index is 12.2. The summed E-state index contributed by atoms with van der Waals surface area (Å²) in [6, 6.07) is 0. The van der Waals surface area contributed by atoms with Crippen molar-refractivity contribution >= 4 is 28.0 Å². The van der Waals surface area contributed by atoms with Crippen LogP contribution in [0.5, 0.6) is 0 Å². The third kappa shape index (κ3) is 4.66. The Balaban J connectivity index is 3.26. The Kier molecular flexibility index (Phi) is 6.32. The van der Waals surface area contributed by atoms with Gasteiger partial charge >= 0.3 is 12.1 Å². The molecule has 0 aliphatic heterocycles. The molecule has 8 heteroatoms. The van der Waals surface area contributed by atoms with Gasteiger partial charge < -0.3 is 15.2 Å². The number of nitrogens with one attached hydrogen (secondary N) is 1. The summed E-state index contributed by atoms with van der Waals surface area (Å²) in [4.78, 5) is 32.7. The normalized spacial score (nSPS) is 15.5. The lowest BCUT2D eigenvalue weighted by Gasteiger charge is -2.38. The number of hydrogen-bond acceptors (Lipinski definition) is 5. The fourth-order valence-corrected chi connectivity index (χ4v) is 2.66. The van der Waals surface area contributed by atoms with Crippen LogP contribution in [0.25, 0.3) is 0 Å². The number of carbonyl (C=O) groups excluding carboxylic acids is 1. The lowest BCUT2D eigenvalue weighted by molar-refractivity contribution is -0.148. The van der Waals surface area contributed by atoms with Gasteiger partial charge in [0.05, 0.1) is 10.4 Å². The predicted octanol–water partition coefficient (Wildman–Crippen LogP) is 3.35. The Morgan fingerprint density at radius 2 is 1.71 bits per heavy atom. The van der Waals surface area contributed by atoms with Gasteiger partial charge in [0, 0.05) is 12.4 Å². The first kappa shape index (κ1) is 20.3. The highest BCUT2D eigenvalue weighted by atomic mass is 79.9. The fourth-order valence-electron chi connectivity index (χ4n) is 2.46. The molecule has 0 spiro atoms. The topological polar surface area (TPSA) is 101 Å². The van der Waals surface area contributed by atoms with Crippen molar-refractivity contribution in [3.8, 4) is 0 Å². The van der Waals surface area contributed by atoms with Crippen molar-refractivity contribution < 1.29 is 19.4 Å². The van der Waals surface area contributed by atoms with Crippen LogP contribution >= 0.6 is 15.9 Å². The number of hydrogen-bond donors (Lipinski definition) is 2. The van der Waals surface area contributed by atoms with Crippen LogP contribution in [0.2, 0.25) is 0 Å². The van der Waals surface area contributed by atoms with E-state index in [1.165, 1.54) is 0 Å². The molecule has 0 fully saturated rings. The van der Waals surface area contributed by atoms with Crippen LogP contribution in [-0.4, -0.2) is 38.3 Å². The molecule has 1 heterocycles. The summed E-state index contributed by atoms with van der Waals surface area (Å²) < 4.78 is 5.92. The SMILES string of the molecule is CC(C)[C@](NC(=O)OC(C)(C)C)(C(=O)O)[C@H](C)c1ncc(Br)cn1. The van der Waals surface area contributed by atoms with Crippen LogP contribution in [0.4, 0.5) is 4.79 Å². The Bertz CT molecular complexity index is 598. The van der Waals surface area contributed by atoms with E-state index in [2.05, 4.69) is 31.2 Å². The molecule has 1 aromatic heterocycles. The Morgan fingerprint density at radius 3 is 2.08 bits per heavy atom. The molecule has 0 saturated heterocycles. The summed E-state index contributed by atoms with van der Waals surface area (Å²) in [6.07, 6.45) is 2.29. The molecule has 1 amide bonds. The summed E-state index contributed by atoms with van der Waals surface area (Å²) in [5.74, 6) is -1.94. The summed E-state index contributed by atoms with van der Waals surface area (Å²) >= 11 is 3.25. The number of halogens is 1. The molecule has 134 valence electrons. The largest absolute Gasteiger partial charge is 0.479 e. The molecule has 1 rings (SSSR count). The van der Waals surface area contributed by atoms with E-state index >= 15 is 0 Å². The molecule has 0 aliphatic carbocycles. The first-order valence-electron chi connectivity index (χ1n) is 7.62. The van der Waals surface area contributed by atoms with Gasteiger partial charge in [-0.15, -0.1) is 0 Å². The molecule has 7 nitrogen and oxygen atoms in total. The van der Waals surface area contributed by atoms with Crippen molar-refractivity contribution in [3.63, 3.8) is 0 Å². The van der Waals surface area contributed by atoms with Crippen LogP contribution in [0.15, 0.2) is 16.9 Å². The van der Waals surface area contributed by atoms with Crippen molar-refractivity contribution in [1.82, 2.24) is 15.3 Å². The van der Waals surface area contributed by atoms with Crippen molar-refractivity contribution in [2.24, 2.45) is 5.92 Å². The minimum Gasteiger partial charge on any atom is -0.479 e. The van der Waals surface area contributed by atoms with E-state index < -0.39 is 35.0 Å². The number of carboxylic acids is 1. The molecule has 2 atom stereocenters. The monoisotopic (exact) mass is 401 g/mol. The van der Waals surface area contributed by atoms with E-state index in [9.17, 15) is 14.7 Å². The molecular weight excluding hydrogens is 378 g/mol. The number of carboxylic acid groups (broad SMARTS) is 1. The minimum atomic E-state index is -1.60. The van der Waals surface area contributed by atoms with Crippen molar-refractivity contribution in [2.45, 2.75) is 58.6 Å². The maximum Gasteiger partial charge on any atom is 0.408 e. The van der Waals surface area contributed by atoms with E-state index in [0.29, 0.717) is 10.3 Å². The number of alkyl carbamates (subject to hydrolysis) is 1. The number of nitrogens with zero attached hydrogens (tertiary/aromatic N) is 2. The lowest BCUT2D eigenvalue weighted by atomic mass is 9.75. The van der Waals surface area contributed by atoms with E-state index in [4.69, 9.17) is 4.74 Å². The average Bonchev–Trinajstić information content (AvgIpc) is 2.42. The molecule has 1 aromatic rings. The van der Waals surface area contributed by atoms with Crippen molar-refractivity contribution in [2.75, 3.05) is 0 Å². The second kappa shape index (κ2) is 7.46. The Labute approximate surface area is 150 Å². The zero-order chi connectivity index (χ0) is 18.7. The molecule has 0 aliphatic rings. The van der Waals surface area contributed by atoms with Gasteiger partial charge in [0.25, 0.3) is 0 Å². The number of rotatable bonds is 5. The number of aromatic nitrogens is 2. The second-order valence-corrected chi connectivity index (χ2v) is 7.85. The predicted molar refractivity (Wildman–Crippen MR) is 92.7 cm³/mol. The highest BCUT2D eigenvalue weighted by molar-refractivity contribution is 9.10. The van der Waals surface area contributed by atoms with Crippen LogP contribution in [0.1, 0.15) is 53.3 Å². The van der Waals surface area contributed by atoms with Crippen LogP contribution in [0, 0.1) is 5.92 Å². The van der Waals surface area contributed by atoms with E-state index in [-0.39, 0.29) is 0 Å². The summed E-state index contributed by atoms with van der Waals surface area (Å²) in [5, 5.41) is 12.4. The van der Waals surface area contributed by atoms with Crippen molar-refractivity contribution in [1.29, 1.82) is 0 Å². The van der Waals surface area contributed by atoms with Gasteiger partial charge in [-0.2, -0.15) is 0 Å². The average molecular weight is 402 g/mol. The summed E-state index contributed by atoms with van der Waals surface area (Å²) in [7, 11) is 0. The smallest absolute Gasteiger partial charge is 0.408 e. The zero-order valence-electron chi connectivity index (χ0n) is 14.8. The molecule has 0 aromatic carbocycles. The minimum absolute atomic E-state index is 0.324. The molecular formula is C16H24BrN3O4. The number of amides is 1. The van der Waals surface area contributed by atoms with Gasteiger partial charge in [-0.1, -0.05) is 20.8 Å². The highest BCUT2D eigenvalue weighted by Crippen LogP contribution is 2.33. The van der Waals surface area contributed by atoms with Gasteiger partial charge in [0.1, 0.15) is 11.4 Å². The first-order valence-corrected chi connectivity index (χ1v) is 8.41. The van der Waals surface area contributed by atoms with Gasteiger partial charge in [-0.3, -0.25) is 0 Å². The van der Waals surface area contributed by atoms with E-state index in [0.717, 1.165) is 0 Å². The third-order valence-corrected chi connectivity index (χ3v) is 4.09. The Hall–Kier alpha value is -1.70. The van der Waals surface area contributed by atoms with Gasteiger partial charge in [-0.25, -0.2) is 19.6 Å². The van der Waals surface area contributed by atoms with Crippen LogP contribution in [-0.2, 0) is 9.53 Å². The highest BCUT2D eigenvalue weighted by Gasteiger charge is 2.50. The molecule has 0 saturated carbocycles. The van der Waals surface area contributed by atoms with E-state index in [1.54, 1.807) is 53.9 Å². The Morgan fingerprint density at radius 1 is 1.21 bits per heavy atom. The molecule has 24 heavy (non-hydrogen) atoms. The standard InChI is InChI=1S/C16H24BrN3O4/c1-9(2)16(13(21)22,20-14(23)24-15(4,5)6)10(3)12-18-7-11(17)8-19-12/h7-10H,1-6H3,(H,20,23)(H,21,22)/t10-,16-/m1/s1. The van der Waals surface area contributed by atoms with Crippen molar-refractivity contribution in [3.05, 3.63) is 22.7 Å². The lowest BCUT2D eigenvalue weighted by Crippen LogP contribution is -2.62. The van der Waals surface area contributed by atoms with Gasteiger partial charge in [0.15, 0.2) is 5.54 Å². The molecule has 0 bridgehead atoms. The molecule has 0 unspecified atom stereocenters. The second-order valence-electron chi connectivity index (χ2n) is 6.94. The van der Waals surface area contributed by atoms with Crippen LogP contribution in [0.3, 0.4) is 0 Å². The quantitative estimate of drug-likeness (QED) is 0.783. The molecule has 2 N–H and O–H groups in total. The van der Waals surface area contributed by atoms with Gasteiger partial charge in [0.2, 0.25) is 0 Å². The number of aliphatic carboxylic acids is 1. The number of ether oxygens (including phenoxy) is 1.